The summed E-state index contributed by atoms with van der Waals surface area (Å²) < 4.78 is 3.28. The van der Waals surface area contributed by atoms with Crippen molar-refractivity contribution in [2.24, 2.45) is 13.0 Å². The zero-order chi connectivity index (χ0) is 20.9. The van der Waals surface area contributed by atoms with Crippen LogP contribution in [-0.4, -0.2) is 50.0 Å². The monoisotopic (exact) mass is 503 g/mol. The molecule has 1 aliphatic carbocycles. The van der Waals surface area contributed by atoms with Gasteiger partial charge in [0.1, 0.15) is 0 Å². The largest absolute Gasteiger partial charge is 0.304 e. The number of aryl methyl sites for hydroxylation is 2. The number of piperidine rings is 1. The Bertz CT molecular complexity index is 1060. The van der Waals surface area contributed by atoms with E-state index in [1.807, 2.05) is 25.6 Å². The Kier molecular flexibility index (Phi) is 5.54. The standard InChI is InChI=1S/C22H26BrN5S2/c1-14-19(30-15(2)24-14)20-25-26-21(27(20)3)29-10-4-9-28-12-17-11-22(17,13-28)16-5-7-18(23)8-6-16/h5-8,17H,4,9-13H2,1-3H3/t17-,22-/m0/s1. The van der Waals surface area contributed by atoms with E-state index < -0.39 is 0 Å². The number of hydrogen-bond donors (Lipinski definition) is 0. The number of hydrogen-bond acceptors (Lipinski definition) is 6. The molecule has 5 rings (SSSR count). The first-order chi connectivity index (χ1) is 14.5. The Balaban J connectivity index is 1.13. The van der Waals surface area contributed by atoms with Gasteiger partial charge in [-0.1, -0.05) is 39.8 Å². The fourth-order valence-electron chi connectivity index (χ4n) is 4.81. The van der Waals surface area contributed by atoms with Gasteiger partial charge in [0.2, 0.25) is 0 Å². The summed E-state index contributed by atoms with van der Waals surface area (Å²) >= 11 is 7.06. The van der Waals surface area contributed by atoms with E-state index in [-0.39, 0.29) is 0 Å². The van der Waals surface area contributed by atoms with Gasteiger partial charge in [-0.2, -0.15) is 0 Å². The molecule has 2 atom stereocenters. The number of benzene rings is 1. The molecule has 30 heavy (non-hydrogen) atoms. The van der Waals surface area contributed by atoms with Crippen LogP contribution in [0.1, 0.15) is 29.1 Å². The van der Waals surface area contributed by atoms with Gasteiger partial charge >= 0.3 is 0 Å². The first-order valence-electron chi connectivity index (χ1n) is 10.4. The van der Waals surface area contributed by atoms with Gasteiger partial charge in [0.25, 0.3) is 0 Å². The second-order valence-corrected chi connectivity index (χ2v) is 11.7. The van der Waals surface area contributed by atoms with Crippen LogP contribution in [0.4, 0.5) is 0 Å². The topological polar surface area (TPSA) is 46.8 Å². The Morgan fingerprint density at radius 2 is 2.03 bits per heavy atom. The van der Waals surface area contributed by atoms with Crippen molar-refractivity contribution in [2.45, 2.75) is 37.3 Å². The summed E-state index contributed by atoms with van der Waals surface area (Å²) in [6.45, 7) is 7.71. The van der Waals surface area contributed by atoms with Crippen LogP contribution in [0, 0.1) is 19.8 Å². The van der Waals surface area contributed by atoms with Crippen molar-refractivity contribution in [3.05, 3.63) is 45.0 Å². The number of fused-ring (bicyclic) bond motifs is 1. The molecule has 1 aliphatic heterocycles. The molecule has 2 aromatic heterocycles. The average molecular weight is 505 g/mol. The van der Waals surface area contributed by atoms with Gasteiger partial charge in [0.05, 0.1) is 15.6 Å². The second kappa shape index (κ2) is 8.04. The summed E-state index contributed by atoms with van der Waals surface area (Å²) in [7, 11) is 2.06. The van der Waals surface area contributed by atoms with E-state index in [1.54, 1.807) is 11.3 Å². The van der Waals surface area contributed by atoms with Crippen molar-refractivity contribution >= 4 is 39.0 Å². The summed E-state index contributed by atoms with van der Waals surface area (Å²) in [6, 6.07) is 8.98. The minimum atomic E-state index is 0.428. The lowest BCUT2D eigenvalue weighted by Gasteiger charge is -2.21. The third kappa shape index (κ3) is 3.76. The molecule has 1 saturated heterocycles. The summed E-state index contributed by atoms with van der Waals surface area (Å²) in [6.07, 6.45) is 2.53. The zero-order valence-corrected chi connectivity index (χ0v) is 20.8. The predicted molar refractivity (Wildman–Crippen MR) is 127 cm³/mol. The number of thioether (sulfide) groups is 1. The molecule has 5 nitrogen and oxygen atoms in total. The van der Waals surface area contributed by atoms with Crippen molar-refractivity contribution in [2.75, 3.05) is 25.4 Å². The number of nitrogens with zero attached hydrogens (tertiary/aromatic N) is 5. The fraction of sp³-hybridized carbons (Fsp3) is 0.500. The second-order valence-electron chi connectivity index (χ2n) is 8.51. The molecule has 2 aliphatic rings. The quantitative estimate of drug-likeness (QED) is 0.332. The molecule has 8 heteroatoms. The van der Waals surface area contributed by atoms with Gasteiger partial charge in [-0.05, 0) is 56.8 Å². The minimum absolute atomic E-state index is 0.428. The number of rotatable bonds is 7. The molecule has 1 saturated carbocycles. The van der Waals surface area contributed by atoms with Crippen LogP contribution in [-0.2, 0) is 12.5 Å². The maximum atomic E-state index is 4.52. The summed E-state index contributed by atoms with van der Waals surface area (Å²) in [4.78, 5) is 8.31. The Hall–Kier alpha value is -1.22. The number of aromatic nitrogens is 4. The lowest BCUT2D eigenvalue weighted by molar-refractivity contribution is 0.299. The van der Waals surface area contributed by atoms with E-state index in [0.717, 1.165) is 38.2 Å². The Morgan fingerprint density at radius 3 is 2.77 bits per heavy atom. The van der Waals surface area contributed by atoms with E-state index in [2.05, 4.69) is 71.9 Å². The van der Waals surface area contributed by atoms with Crippen LogP contribution in [0.2, 0.25) is 0 Å². The molecule has 0 N–H and O–H groups in total. The molecule has 158 valence electrons. The van der Waals surface area contributed by atoms with Crippen molar-refractivity contribution in [1.82, 2.24) is 24.6 Å². The molecule has 1 aromatic carbocycles. The van der Waals surface area contributed by atoms with Gasteiger partial charge in [-0.25, -0.2) is 4.98 Å². The lowest BCUT2D eigenvalue weighted by Crippen LogP contribution is -2.27. The van der Waals surface area contributed by atoms with E-state index in [4.69, 9.17) is 0 Å². The molecule has 3 aromatic rings. The molecule has 3 heterocycles. The highest BCUT2D eigenvalue weighted by Gasteiger charge is 2.60. The smallest absolute Gasteiger partial charge is 0.191 e. The van der Waals surface area contributed by atoms with Crippen LogP contribution in [0.5, 0.6) is 0 Å². The molecule has 0 unspecified atom stereocenters. The minimum Gasteiger partial charge on any atom is -0.304 e. The van der Waals surface area contributed by atoms with Crippen LogP contribution >= 0.6 is 39.0 Å². The molecular weight excluding hydrogens is 478 g/mol. The highest BCUT2D eigenvalue weighted by atomic mass is 79.9. The van der Waals surface area contributed by atoms with Crippen LogP contribution in [0.15, 0.2) is 33.9 Å². The van der Waals surface area contributed by atoms with Gasteiger partial charge in [0, 0.05) is 35.8 Å². The Labute approximate surface area is 194 Å². The number of halogens is 1. The van der Waals surface area contributed by atoms with Gasteiger partial charge in [-0.15, -0.1) is 21.5 Å². The highest BCUT2D eigenvalue weighted by Crippen LogP contribution is 2.59. The SMILES string of the molecule is Cc1nc(C)c(-c2nnc(SCCCN3C[C@@H]4C[C@@]4(c4ccc(Br)cc4)C3)n2C)s1. The van der Waals surface area contributed by atoms with Crippen molar-refractivity contribution in [1.29, 1.82) is 0 Å². The molecular formula is C22H26BrN5S2. The number of thiazole rings is 1. The first-order valence-corrected chi connectivity index (χ1v) is 13.0. The van der Waals surface area contributed by atoms with Gasteiger partial charge in [-0.3, -0.25) is 0 Å². The lowest BCUT2D eigenvalue weighted by atomic mass is 9.95. The summed E-state index contributed by atoms with van der Waals surface area (Å²) in [5.41, 5.74) is 2.99. The predicted octanol–water partition coefficient (Wildman–Crippen LogP) is 5.07. The normalized spacial score (nSPS) is 23.1. The van der Waals surface area contributed by atoms with Crippen LogP contribution in [0.3, 0.4) is 0 Å². The maximum Gasteiger partial charge on any atom is 0.191 e. The van der Waals surface area contributed by atoms with E-state index in [1.165, 1.54) is 42.5 Å². The van der Waals surface area contributed by atoms with Gasteiger partial charge in [0.15, 0.2) is 11.0 Å². The number of likely N-dealkylation sites (tertiary alicyclic amines) is 1. The van der Waals surface area contributed by atoms with Crippen molar-refractivity contribution in [3.8, 4) is 10.7 Å². The third-order valence-electron chi connectivity index (χ3n) is 6.43. The van der Waals surface area contributed by atoms with Crippen molar-refractivity contribution < 1.29 is 0 Å². The summed E-state index contributed by atoms with van der Waals surface area (Å²) in [5, 5.41) is 10.9. The van der Waals surface area contributed by atoms with E-state index >= 15 is 0 Å². The van der Waals surface area contributed by atoms with Crippen molar-refractivity contribution in [3.63, 3.8) is 0 Å². The van der Waals surface area contributed by atoms with E-state index in [0.29, 0.717) is 5.41 Å². The zero-order valence-electron chi connectivity index (χ0n) is 17.6. The third-order valence-corrected chi connectivity index (χ3v) is 9.13. The average Bonchev–Trinajstić information content (AvgIpc) is 2.97. The summed E-state index contributed by atoms with van der Waals surface area (Å²) in [5.74, 6) is 2.84. The molecule has 0 radical (unpaired) electrons. The highest BCUT2D eigenvalue weighted by molar-refractivity contribution is 9.10. The van der Waals surface area contributed by atoms with E-state index in [9.17, 15) is 0 Å². The molecule has 2 fully saturated rings. The van der Waals surface area contributed by atoms with Crippen LogP contribution < -0.4 is 0 Å². The molecule has 0 amide bonds. The van der Waals surface area contributed by atoms with Gasteiger partial charge < -0.3 is 9.47 Å². The van der Waals surface area contributed by atoms with Crippen LogP contribution in [0.25, 0.3) is 10.7 Å². The molecule has 0 bridgehead atoms. The Morgan fingerprint density at radius 1 is 1.23 bits per heavy atom. The fourth-order valence-corrected chi connectivity index (χ4v) is 6.85. The first kappa shape index (κ1) is 20.7. The molecule has 0 spiro atoms. The maximum absolute atomic E-state index is 4.52.